The quantitative estimate of drug-likeness (QED) is 0.257. The van der Waals surface area contributed by atoms with Crippen molar-refractivity contribution in [2.75, 3.05) is 0 Å². The summed E-state index contributed by atoms with van der Waals surface area (Å²) in [5.74, 6) is -2.34. The topological polar surface area (TPSA) is 178 Å². The molecule has 2 atom stereocenters. The number of carbonyl (C=O) groups excluding carboxylic acids is 2. The van der Waals surface area contributed by atoms with Crippen molar-refractivity contribution < 1.29 is 57.3 Å². The van der Waals surface area contributed by atoms with Gasteiger partial charge >= 0.3 is 27.3 Å². The second-order valence-corrected chi connectivity index (χ2v) is 11.6. The molecule has 3 aromatic heterocycles. The van der Waals surface area contributed by atoms with Gasteiger partial charge in [-0.3, -0.25) is 0 Å². The molecule has 5 heterocycles. The number of aliphatic carboxylic acids is 2. The molecule has 0 aliphatic carbocycles. The Balaban J connectivity index is 0.00000461. The fourth-order valence-electron chi connectivity index (χ4n) is 6.30. The van der Waals surface area contributed by atoms with Gasteiger partial charge in [-0.1, -0.05) is 0 Å². The van der Waals surface area contributed by atoms with E-state index in [2.05, 4.69) is 9.97 Å². The minimum Gasteiger partial charge on any atom is -0.550 e. The summed E-state index contributed by atoms with van der Waals surface area (Å²) in [6, 6.07) is 7.41. The zero-order valence-corrected chi connectivity index (χ0v) is 30.5. The van der Waals surface area contributed by atoms with Crippen molar-refractivity contribution >= 4 is 56.3 Å². The van der Waals surface area contributed by atoms with Crippen molar-refractivity contribution in [2.24, 2.45) is 0 Å². The summed E-state index contributed by atoms with van der Waals surface area (Å²) in [5, 5.41) is 44.4. The third kappa shape index (κ3) is 6.68. The van der Waals surface area contributed by atoms with E-state index in [1.54, 1.807) is 13.8 Å². The summed E-state index contributed by atoms with van der Waals surface area (Å²) >= 11 is 0. The molecule has 2 unspecified atom stereocenters. The van der Waals surface area contributed by atoms with E-state index in [-0.39, 0.29) is 53.0 Å². The molecule has 0 radical (unpaired) electrons. The van der Waals surface area contributed by atoms with Crippen LogP contribution in [0.2, 0.25) is 0 Å². The van der Waals surface area contributed by atoms with Crippen LogP contribution in [0.1, 0.15) is 98.1 Å². The Morgan fingerprint density at radius 3 is 1.84 bits per heavy atom. The van der Waals surface area contributed by atoms with E-state index < -0.39 is 24.1 Å². The standard InChI is InChI=1S/C34H38N4O6.Cd/c1-15-21(7-9-31(41)42)27-14-28-22(8-10-32(43)44)16(2)24(36-28)12-29-34(20(6)40)18(4)26(38-29)13-30-33(19(5)39)17(3)25(37-30)11-23(15)35-27;/h11-14,19-20,36-37,39-40H,7-10H2,1-6H3,(H,41,42)(H,43,44);/q;+2/p-2. The summed E-state index contributed by atoms with van der Waals surface area (Å²) < 4.78 is 0. The number of carbonyl (C=O) groups is 2. The van der Waals surface area contributed by atoms with Crippen LogP contribution in [-0.2, 0) is 43.3 Å². The number of aromatic nitrogens is 4. The van der Waals surface area contributed by atoms with Gasteiger partial charge < -0.3 is 40.0 Å². The first-order valence-electron chi connectivity index (χ1n) is 14.7. The maximum absolute atomic E-state index is 11.4. The van der Waals surface area contributed by atoms with Gasteiger partial charge in [0.2, 0.25) is 0 Å². The molecule has 2 aliphatic rings. The number of aromatic amines is 2. The number of aryl methyl sites for hydroxylation is 3. The van der Waals surface area contributed by atoms with E-state index in [1.807, 2.05) is 52.0 Å². The average Bonchev–Trinajstić information content (AvgIpc) is 3.59. The number of H-pyrrole nitrogens is 2. The number of rotatable bonds is 8. The van der Waals surface area contributed by atoms with E-state index >= 15 is 0 Å². The fourth-order valence-corrected chi connectivity index (χ4v) is 6.30. The summed E-state index contributed by atoms with van der Waals surface area (Å²) in [6.45, 7) is 11.0. The summed E-state index contributed by atoms with van der Waals surface area (Å²) in [6.07, 6.45) is -1.56. The molecule has 0 spiro atoms. The molecule has 10 nitrogen and oxygen atoms in total. The van der Waals surface area contributed by atoms with Crippen molar-refractivity contribution in [3.8, 4) is 0 Å². The molecule has 0 amide bonds. The molecule has 45 heavy (non-hydrogen) atoms. The van der Waals surface area contributed by atoms with Crippen LogP contribution in [0.3, 0.4) is 0 Å². The van der Waals surface area contributed by atoms with E-state index in [0.29, 0.717) is 50.5 Å². The number of carboxylic acids is 2. The van der Waals surface area contributed by atoms with Gasteiger partial charge in [-0.15, -0.1) is 0 Å². The number of aliphatic hydroxyl groups is 2. The molecular formula is C34H36CdN4O6. The molecule has 0 saturated heterocycles. The number of allylic oxidation sites excluding steroid dienone is 3. The van der Waals surface area contributed by atoms with Gasteiger partial charge in [-0.05, 0) is 125 Å². The Morgan fingerprint density at radius 2 is 1.22 bits per heavy atom. The van der Waals surface area contributed by atoms with E-state index in [4.69, 9.17) is 9.97 Å². The first-order chi connectivity index (χ1) is 20.8. The van der Waals surface area contributed by atoms with Gasteiger partial charge in [0.25, 0.3) is 0 Å². The molecule has 2 aliphatic heterocycles. The minimum absolute atomic E-state index is 0. The van der Waals surface area contributed by atoms with Crippen LogP contribution in [0.4, 0.5) is 0 Å². The average molecular weight is 709 g/mol. The number of hydrogen-bond acceptors (Lipinski definition) is 8. The number of hydrogen-bond donors (Lipinski definition) is 4. The predicted molar refractivity (Wildman–Crippen MR) is 165 cm³/mol. The van der Waals surface area contributed by atoms with Gasteiger partial charge in [0, 0.05) is 45.1 Å². The first-order valence-corrected chi connectivity index (χ1v) is 14.7. The smallest absolute Gasteiger partial charge is 0.550 e. The van der Waals surface area contributed by atoms with Gasteiger partial charge in [-0.2, -0.15) is 0 Å². The summed E-state index contributed by atoms with van der Waals surface area (Å²) in [7, 11) is 0. The molecule has 3 aromatic rings. The van der Waals surface area contributed by atoms with Crippen LogP contribution >= 0.6 is 0 Å². The zero-order valence-electron chi connectivity index (χ0n) is 26.4. The van der Waals surface area contributed by atoms with Crippen molar-refractivity contribution in [3.05, 3.63) is 69.3 Å². The van der Waals surface area contributed by atoms with Crippen LogP contribution < -0.4 is 10.2 Å². The Morgan fingerprint density at radius 1 is 0.711 bits per heavy atom. The third-order valence-corrected chi connectivity index (χ3v) is 8.63. The molecule has 0 saturated carbocycles. The van der Waals surface area contributed by atoms with Crippen molar-refractivity contribution in [3.63, 3.8) is 0 Å². The Kier molecular flexibility index (Phi) is 10.2. The number of carboxylic acid groups (broad SMARTS) is 2. The van der Waals surface area contributed by atoms with Gasteiger partial charge in [0.1, 0.15) is 0 Å². The monoisotopic (exact) mass is 710 g/mol. The summed E-state index contributed by atoms with van der Waals surface area (Å²) in [4.78, 5) is 39.5. The Bertz CT molecular complexity index is 1930. The second-order valence-electron chi connectivity index (χ2n) is 11.6. The normalized spacial score (nSPS) is 14.4. The van der Waals surface area contributed by atoms with Crippen LogP contribution in [-0.4, -0.2) is 48.2 Å². The molecule has 230 valence electrons. The Hall–Kier alpha value is -3.62. The van der Waals surface area contributed by atoms with Crippen LogP contribution in [0.15, 0.2) is 24.3 Å². The number of aliphatic hydroxyl groups excluding tert-OH is 2. The van der Waals surface area contributed by atoms with Crippen molar-refractivity contribution in [2.45, 2.75) is 79.4 Å². The largest absolute Gasteiger partial charge is 2.00 e. The Labute approximate surface area is 281 Å². The molecule has 4 N–H and O–H groups in total. The van der Waals surface area contributed by atoms with E-state index in [0.717, 1.165) is 38.9 Å². The van der Waals surface area contributed by atoms with Crippen molar-refractivity contribution in [1.29, 1.82) is 0 Å². The second kappa shape index (κ2) is 13.4. The van der Waals surface area contributed by atoms with Gasteiger partial charge in [-0.25, -0.2) is 9.97 Å². The molecule has 0 fully saturated rings. The minimum atomic E-state index is -1.17. The maximum atomic E-state index is 11.4. The molecule has 11 heteroatoms. The summed E-state index contributed by atoms with van der Waals surface area (Å²) in [5.41, 5.74) is 11.3. The van der Waals surface area contributed by atoms with Crippen LogP contribution in [0, 0.1) is 13.8 Å². The zero-order chi connectivity index (χ0) is 32.0. The third-order valence-electron chi connectivity index (χ3n) is 8.63. The molecular weight excluding hydrogens is 673 g/mol. The van der Waals surface area contributed by atoms with Crippen LogP contribution in [0.5, 0.6) is 0 Å². The molecule has 8 bridgehead atoms. The maximum Gasteiger partial charge on any atom is 2.00 e. The fraction of sp³-hybridized carbons (Fsp3) is 0.353. The molecule has 5 rings (SSSR count). The predicted octanol–water partition coefficient (Wildman–Crippen LogP) is 3.44. The van der Waals surface area contributed by atoms with E-state index in [1.165, 1.54) is 0 Å². The number of nitrogens with zero attached hydrogens (tertiary/aromatic N) is 2. The van der Waals surface area contributed by atoms with Crippen molar-refractivity contribution in [1.82, 2.24) is 19.9 Å². The van der Waals surface area contributed by atoms with E-state index in [9.17, 15) is 30.0 Å². The molecule has 0 aromatic carbocycles. The van der Waals surface area contributed by atoms with Gasteiger partial charge in [0.15, 0.2) is 0 Å². The number of fused-ring (bicyclic) bond motifs is 8. The van der Waals surface area contributed by atoms with Gasteiger partial charge in [0.05, 0.1) is 35.0 Å². The first kappa shape index (κ1) is 34.3. The SMILES string of the molecule is CC1=C(CCC(=O)[O-])c2cc3[nH]c(cc4nc(cc5[nH]c(cc1n2)c(C)c5C(C)O)C(C)=C4C(C)O)c(C)c3CCC(=O)[O-].[Cd+2]. The number of nitrogens with one attached hydrogen (secondary N) is 2. The van der Waals surface area contributed by atoms with Crippen LogP contribution in [0.25, 0.3) is 44.4 Å².